The van der Waals surface area contributed by atoms with E-state index in [4.69, 9.17) is 7.85 Å². The average molecular weight is 244 g/mol. The minimum absolute atomic E-state index is 0. The van der Waals surface area contributed by atoms with Gasteiger partial charge < -0.3 is 20.8 Å². The summed E-state index contributed by atoms with van der Waals surface area (Å²) >= 11 is -2.01. The standard InChI is InChI=1S/C9H12BNO2S.2H2O/c10-9-3-1-8(2-4-9)5-6-11-7-14(12)13;;/h1-4,11H,5-7H2,(H,12,13);2*1H2/p-1. The van der Waals surface area contributed by atoms with Crippen LogP contribution >= 0.6 is 0 Å². The van der Waals surface area contributed by atoms with Gasteiger partial charge >= 0.3 is 0 Å². The highest BCUT2D eigenvalue weighted by atomic mass is 32.2. The number of nitrogens with one attached hydrogen (secondary N) is 1. The lowest BCUT2D eigenvalue weighted by Gasteiger charge is -2.07. The Bertz CT molecular complexity index is 307. The van der Waals surface area contributed by atoms with Gasteiger partial charge in [-0.25, -0.2) is 0 Å². The molecule has 0 bridgehead atoms. The number of hydrogen-bond donors (Lipinski definition) is 1. The van der Waals surface area contributed by atoms with Crippen LogP contribution in [0.2, 0.25) is 0 Å². The van der Waals surface area contributed by atoms with E-state index in [-0.39, 0.29) is 16.8 Å². The first-order valence-electron chi connectivity index (χ1n) is 4.29. The Labute approximate surface area is 98.6 Å². The third kappa shape index (κ3) is 7.55. The van der Waals surface area contributed by atoms with Crippen molar-refractivity contribution < 1.29 is 19.7 Å². The molecule has 1 aromatic rings. The topological polar surface area (TPSA) is 115 Å². The molecule has 0 fully saturated rings. The van der Waals surface area contributed by atoms with Crippen LogP contribution < -0.4 is 10.8 Å². The molecule has 0 aromatic heterocycles. The van der Waals surface area contributed by atoms with Crippen molar-refractivity contribution >= 4 is 24.4 Å². The molecule has 0 heterocycles. The molecule has 1 rings (SSSR count). The number of benzene rings is 1. The molecular formula is C9H15BNO4S-. The number of hydrogen-bond acceptors (Lipinski definition) is 3. The van der Waals surface area contributed by atoms with Gasteiger partial charge in [0.25, 0.3) is 0 Å². The largest absolute Gasteiger partial charge is 0.771 e. The van der Waals surface area contributed by atoms with Gasteiger partial charge in [0.15, 0.2) is 0 Å². The van der Waals surface area contributed by atoms with Gasteiger partial charge in [0.2, 0.25) is 0 Å². The molecule has 0 aliphatic heterocycles. The van der Waals surface area contributed by atoms with Crippen molar-refractivity contribution in [2.24, 2.45) is 0 Å². The molecule has 1 aromatic carbocycles. The van der Waals surface area contributed by atoms with E-state index >= 15 is 0 Å². The minimum atomic E-state index is -2.01. The maximum absolute atomic E-state index is 10.2. The summed E-state index contributed by atoms with van der Waals surface area (Å²) in [5.41, 5.74) is 1.88. The molecule has 1 unspecified atom stereocenters. The van der Waals surface area contributed by atoms with Crippen molar-refractivity contribution in [2.45, 2.75) is 6.42 Å². The molecule has 0 aliphatic carbocycles. The molecule has 90 valence electrons. The van der Waals surface area contributed by atoms with Gasteiger partial charge in [-0.05, 0) is 29.6 Å². The molecule has 0 saturated carbocycles. The monoisotopic (exact) mass is 244 g/mol. The van der Waals surface area contributed by atoms with Crippen LogP contribution in [0.15, 0.2) is 24.3 Å². The molecule has 0 amide bonds. The highest BCUT2D eigenvalue weighted by Crippen LogP contribution is 1.96. The predicted molar refractivity (Wildman–Crippen MR) is 64.6 cm³/mol. The predicted octanol–water partition coefficient (Wildman–Crippen LogP) is -2.20. The average Bonchev–Trinajstić information content (AvgIpc) is 2.15. The summed E-state index contributed by atoms with van der Waals surface area (Å²) in [4.78, 5) is 0. The molecule has 7 heteroatoms. The first kappa shape index (κ1) is 17.7. The Hall–Kier alpha value is -0.725. The van der Waals surface area contributed by atoms with E-state index < -0.39 is 11.1 Å². The smallest absolute Gasteiger partial charge is 0.113 e. The summed E-state index contributed by atoms with van der Waals surface area (Å²) in [6, 6.07) is 7.54. The van der Waals surface area contributed by atoms with E-state index in [1.165, 1.54) is 0 Å². The van der Waals surface area contributed by atoms with Gasteiger partial charge in [-0.2, -0.15) is 0 Å². The fraction of sp³-hybridized carbons (Fsp3) is 0.333. The van der Waals surface area contributed by atoms with Gasteiger partial charge in [0.1, 0.15) is 7.85 Å². The Morgan fingerprint density at radius 1 is 1.25 bits per heavy atom. The first-order valence-corrected chi connectivity index (χ1v) is 5.54. The number of rotatable bonds is 5. The maximum Gasteiger partial charge on any atom is 0.113 e. The van der Waals surface area contributed by atoms with Gasteiger partial charge in [-0.15, -0.1) is 0 Å². The summed E-state index contributed by atoms with van der Waals surface area (Å²) < 4.78 is 20.4. The van der Waals surface area contributed by atoms with Crippen LogP contribution in [0.5, 0.6) is 0 Å². The fourth-order valence-corrected chi connectivity index (χ4v) is 1.38. The highest BCUT2D eigenvalue weighted by Gasteiger charge is 1.92. The highest BCUT2D eigenvalue weighted by molar-refractivity contribution is 7.79. The van der Waals surface area contributed by atoms with Crippen LogP contribution in [-0.4, -0.2) is 40.0 Å². The molecule has 0 spiro atoms. The lowest BCUT2D eigenvalue weighted by atomic mass is 9.95. The quantitative estimate of drug-likeness (QED) is 0.360. The molecular weight excluding hydrogens is 229 g/mol. The zero-order valence-electron chi connectivity index (χ0n) is 8.73. The molecule has 5 nitrogen and oxygen atoms in total. The minimum Gasteiger partial charge on any atom is -0.771 e. The summed E-state index contributed by atoms with van der Waals surface area (Å²) in [5, 5.41) is 2.80. The van der Waals surface area contributed by atoms with Crippen LogP contribution in [-0.2, 0) is 17.5 Å². The SMILES string of the molecule is O.O.[B]c1ccc(CCNCS(=O)[O-])cc1. The normalized spacial score (nSPS) is 11.1. The zero-order valence-corrected chi connectivity index (χ0v) is 9.55. The van der Waals surface area contributed by atoms with Crippen LogP contribution in [0, 0.1) is 0 Å². The summed E-state index contributed by atoms with van der Waals surface area (Å²) in [7, 11) is 5.52. The Morgan fingerprint density at radius 3 is 2.31 bits per heavy atom. The Kier molecular flexibility index (Phi) is 10.5. The second-order valence-corrected chi connectivity index (χ2v) is 3.84. The second kappa shape index (κ2) is 9.50. The Morgan fingerprint density at radius 2 is 1.81 bits per heavy atom. The lowest BCUT2D eigenvalue weighted by Crippen LogP contribution is -2.21. The van der Waals surface area contributed by atoms with Crippen molar-refractivity contribution in [1.82, 2.24) is 5.32 Å². The molecule has 0 saturated heterocycles. The van der Waals surface area contributed by atoms with Crippen LogP contribution in [0.25, 0.3) is 0 Å². The van der Waals surface area contributed by atoms with E-state index in [1.54, 1.807) is 0 Å². The van der Waals surface area contributed by atoms with Crippen LogP contribution in [0.1, 0.15) is 5.56 Å². The van der Waals surface area contributed by atoms with Crippen molar-refractivity contribution in [2.75, 3.05) is 12.4 Å². The van der Waals surface area contributed by atoms with Crippen LogP contribution in [0.4, 0.5) is 0 Å². The Balaban J connectivity index is 0. The van der Waals surface area contributed by atoms with E-state index in [2.05, 4.69) is 5.32 Å². The van der Waals surface area contributed by atoms with Gasteiger partial charge in [0.05, 0.1) is 5.88 Å². The van der Waals surface area contributed by atoms with Crippen LogP contribution in [0.3, 0.4) is 0 Å². The van der Waals surface area contributed by atoms with Gasteiger partial charge in [0, 0.05) is 0 Å². The van der Waals surface area contributed by atoms with E-state index in [1.807, 2.05) is 24.3 Å². The first-order chi connectivity index (χ1) is 6.68. The van der Waals surface area contributed by atoms with Gasteiger partial charge in [-0.1, -0.05) is 29.7 Å². The van der Waals surface area contributed by atoms with E-state index in [9.17, 15) is 8.76 Å². The van der Waals surface area contributed by atoms with Crippen molar-refractivity contribution in [3.05, 3.63) is 29.8 Å². The molecule has 16 heavy (non-hydrogen) atoms. The second-order valence-electron chi connectivity index (χ2n) is 2.94. The summed E-state index contributed by atoms with van der Waals surface area (Å²) in [6.45, 7) is 0.651. The lowest BCUT2D eigenvalue weighted by molar-refractivity contribution is 0.530. The molecule has 5 N–H and O–H groups in total. The van der Waals surface area contributed by atoms with Gasteiger partial charge in [-0.3, -0.25) is 4.21 Å². The van der Waals surface area contributed by atoms with Crippen molar-refractivity contribution in [3.8, 4) is 0 Å². The fourth-order valence-electron chi connectivity index (χ4n) is 1.07. The van der Waals surface area contributed by atoms with E-state index in [0.717, 1.165) is 17.4 Å². The zero-order chi connectivity index (χ0) is 10.4. The van der Waals surface area contributed by atoms with E-state index in [0.29, 0.717) is 6.54 Å². The third-order valence-corrected chi connectivity index (χ3v) is 2.23. The maximum atomic E-state index is 10.2. The third-order valence-electron chi connectivity index (χ3n) is 1.79. The molecule has 2 radical (unpaired) electrons. The van der Waals surface area contributed by atoms with Crippen molar-refractivity contribution in [1.29, 1.82) is 0 Å². The molecule has 1 atom stereocenters. The van der Waals surface area contributed by atoms with Crippen molar-refractivity contribution in [3.63, 3.8) is 0 Å². The molecule has 0 aliphatic rings. The summed E-state index contributed by atoms with van der Waals surface area (Å²) in [6.07, 6.45) is 0.803. The summed E-state index contributed by atoms with van der Waals surface area (Å²) in [5.74, 6) is 0.00890.